The Hall–Kier alpha value is -1.15. The molecule has 1 aliphatic heterocycles. The number of hydrogen-bond acceptors (Lipinski definition) is 1. The van der Waals surface area contributed by atoms with E-state index in [9.17, 15) is 5.11 Å². The summed E-state index contributed by atoms with van der Waals surface area (Å²) in [5.74, 6) is 0.432. The molecule has 3 rings (SSSR count). The third kappa shape index (κ3) is 1.79. The maximum atomic E-state index is 10.2. The van der Waals surface area contributed by atoms with Gasteiger partial charge in [-0.1, -0.05) is 24.3 Å². The van der Waals surface area contributed by atoms with Crippen LogP contribution in [-0.4, -0.2) is 15.6 Å². The number of benzene rings is 2. The molecule has 1 fully saturated rings. The summed E-state index contributed by atoms with van der Waals surface area (Å²) < 4.78 is 0. The molecule has 2 unspecified atom stereocenters. The fourth-order valence-electron chi connectivity index (χ4n) is 3.04. The first-order valence-electron chi connectivity index (χ1n) is 6.61. The third-order valence-electron chi connectivity index (χ3n) is 3.95. The average molecular weight is 259 g/mol. The summed E-state index contributed by atoms with van der Waals surface area (Å²) in [5, 5.41) is 13.9. The van der Waals surface area contributed by atoms with Crippen molar-refractivity contribution in [3.63, 3.8) is 0 Å². The van der Waals surface area contributed by atoms with Crippen LogP contribution in [0.3, 0.4) is 0 Å². The predicted molar refractivity (Wildman–Crippen MR) is 79.4 cm³/mol. The Morgan fingerprint density at radius 3 is 2.28 bits per heavy atom. The lowest BCUT2D eigenvalue weighted by molar-refractivity contribution is 0.481. The maximum absolute atomic E-state index is 10.2. The molecule has 0 amide bonds. The van der Waals surface area contributed by atoms with E-state index in [1.807, 2.05) is 6.07 Å². The van der Waals surface area contributed by atoms with E-state index in [-0.39, 0.29) is 10.9 Å². The summed E-state index contributed by atoms with van der Waals surface area (Å²) in [4.78, 5) is 1.36. The second-order valence-corrected chi connectivity index (χ2v) is 7.99. The highest BCUT2D eigenvalue weighted by Gasteiger charge is 2.42. The van der Waals surface area contributed by atoms with E-state index < -0.39 is 0 Å². The van der Waals surface area contributed by atoms with Gasteiger partial charge in [0.05, 0.1) is 5.39 Å². The highest BCUT2D eigenvalue weighted by molar-refractivity contribution is 7.98. The van der Waals surface area contributed by atoms with Gasteiger partial charge in [-0.2, -0.15) is 0 Å². The van der Waals surface area contributed by atoms with Gasteiger partial charge in [0.25, 0.3) is 0 Å². The topological polar surface area (TPSA) is 20.2 Å². The van der Waals surface area contributed by atoms with Crippen molar-refractivity contribution in [3.05, 3.63) is 36.4 Å². The second kappa shape index (κ2) is 4.51. The third-order valence-corrected chi connectivity index (χ3v) is 7.00. The SMILES string of the molecule is CC1CCC(C)[S+]1c1cccc2cccc(O)c12. The van der Waals surface area contributed by atoms with Crippen LogP contribution in [0, 0.1) is 0 Å². The number of fused-ring (bicyclic) bond motifs is 1. The lowest BCUT2D eigenvalue weighted by atomic mass is 10.1. The normalized spacial score (nSPS) is 27.8. The zero-order valence-corrected chi connectivity index (χ0v) is 11.7. The Labute approximate surface area is 111 Å². The first-order chi connectivity index (χ1) is 8.68. The van der Waals surface area contributed by atoms with Gasteiger partial charge in [-0.05, 0) is 44.2 Å². The fourth-order valence-corrected chi connectivity index (χ4v) is 6.17. The fraction of sp³-hybridized carbons (Fsp3) is 0.375. The molecule has 2 aromatic rings. The average Bonchev–Trinajstić information content (AvgIpc) is 2.69. The van der Waals surface area contributed by atoms with Crippen molar-refractivity contribution in [2.75, 3.05) is 0 Å². The molecule has 0 spiro atoms. The highest BCUT2D eigenvalue weighted by Crippen LogP contribution is 2.40. The summed E-state index contributed by atoms with van der Waals surface area (Å²) in [6.45, 7) is 4.71. The van der Waals surface area contributed by atoms with Gasteiger partial charge in [-0.15, -0.1) is 0 Å². The maximum Gasteiger partial charge on any atom is 0.166 e. The molecule has 94 valence electrons. The van der Waals surface area contributed by atoms with Crippen LogP contribution in [0.15, 0.2) is 41.3 Å². The largest absolute Gasteiger partial charge is 0.507 e. The molecule has 0 radical (unpaired) electrons. The van der Waals surface area contributed by atoms with Crippen molar-refractivity contribution in [2.45, 2.75) is 42.1 Å². The first kappa shape index (κ1) is 11.9. The van der Waals surface area contributed by atoms with Crippen LogP contribution in [0.2, 0.25) is 0 Å². The molecule has 1 heterocycles. The van der Waals surface area contributed by atoms with E-state index >= 15 is 0 Å². The number of rotatable bonds is 1. The van der Waals surface area contributed by atoms with Gasteiger partial charge in [0.1, 0.15) is 16.2 Å². The quantitative estimate of drug-likeness (QED) is 0.765. The number of hydrogen-bond donors (Lipinski definition) is 1. The summed E-state index contributed by atoms with van der Waals surface area (Å²) in [7, 11) is 0.275. The zero-order valence-electron chi connectivity index (χ0n) is 10.9. The summed E-state index contributed by atoms with van der Waals surface area (Å²) in [5.41, 5.74) is 0. The van der Waals surface area contributed by atoms with E-state index in [0.29, 0.717) is 5.75 Å². The van der Waals surface area contributed by atoms with Crippen LogP contribution in [-0.2, 0) is 10.9 Å². The molecular weight excluding hydrogens is 240 g/mol. The van der Waals surface area contributed by atoms with Gasteiger partial charge < -0.3 is 5.11 Å². The van der Waals surface area contributed by atoms with E-state index in [1.54, 1.807) is 6.07 Å². The van der Waals surface area contributed by atoms with Crippen LogP contribution < -0.4 is 0 Å². The summed E-state index contributed by atoms with van der Waals surface area (Å²) in [6.07, 6.45) is 2.63. The van der Waals surface area contributed by atoms with Gasteiger partial charge in [-0.3, -0.25) is 0 Å². The van der Waals surface area contributed by atoms with Gasteiger partial charge in [-0.25, -0.2) is 0 Å². The number of phenols is 1. The van der Waals surface area contributed by atoms with Gasteiger partial charge in [0.15, 0.2) is 4.90 Å². The van der Waals surface area contributed by atoms with Crippen molar-refractivity contribution in [2.24, 2.45) is 0 Å². The van der Waals surface area contributed by atoms with E-state index in [0.717, 1.165) is 21.3 Å². The standard InChI is InChI=1S/C16H18OS/c1-11-9-10-12(2)18(11)15-8-4-6-13-5-3-7-14(17)16(13)15/h3-8,11-12H,9-10H2,1-2H3/p+1. The van der Waals surface area contributed by atoms with E-state index in [2.05, 4.69) is 38.1 Å². The molecule has 0 bridgehead atoms. The monoisotopic (exact) mass is 259 g/mol. The van der Waals surface area contributed by atoms with Crippen molar-refractivity contribution in [1.82, 2.24) is 0 Å². The Kier molecular flexibility index (Phi) is 2.98. The van der Waals surface area contributed by atoms with Crippen LogP contribution in [0.25, 0.3) is 10.8 Å². The molecule has 1 nitrogen and oxygen atoms in total. The first-order valence-corrected chi connectivity index (χ1v) is 7.96. The van der Waals surface area contributed by atoms with Gasteiger partial charge in [0, 0.05) is 10.9 Å². The van der Waals surface area contributed by atoms with Crippen molar-refractivity contribution >= 4 is 21.7 Å². The molecule has 0 aliphatic carbocycles. The van der Waals surface area contributed by atoms with E-state index in [1.165, 1.54) is 17.7 Å². The minimum atomic E-state index is 0.275. The summed E-state index contributed by atoms with van der Waals surface area (Å²) >= 11 is 0. The Bertz CT molecular complexity index is 563. The van der Waals surface area contributed by atoms with E-state index in [4.69, 9.17) is 0 Å². The van der Waals surface area contributed by atoms with Crippen LogP contribution >= 0.6 is 0 Å². The molecule has 0 saturated carbocycles. The minimum absolute atomic E-state index is 0.275. The summed E-state index contributed by atoms with van der Waals surface area (Å²) in [6, 6.07) is 12.2. The van der Waals surface area contributed by atoms with Crippen molar-refractivity contribution in [1.29, 1.82) is 0 Å². The van der Waals surface area contributed by atoms with Crippen molar-refractivity contribution < 1.29 is 5.11 Å². The number of aromatic hydroxyl groups is 1. The second-order valence-electron chi connectivity index (χ2n) is 5.20. The molecule has 2 atom stereocenters. The molecule has 1 aliphatic rings. The Balaban J connectivity index is 2.23. The molecule has 2 aromatic carbocycles. The molecule has 0 aromatic heterocycles. The molecule has 18 heavy (non-hydrogen) atoms. The van der Waals surface area contributed by atoms with Crippen LogP contribution in [0.1, 0.15) is 26.7 Å². The molecule has 2 heteroatoms. The number of phenolic OH excluding ortho intramolecular Hbond substituents is 1. The Morgan fingerprint density at radius 1 is 1.00 bits per heavy atom. The molecule has 1 saturated heterocycles. The Morgan fingerprint density at radius 2 is 1.61 bits per heavy atom. The van der Waals surface area contributed by atoms with Crippen LogP contribution in [0.4, 0.5) is 0 Å². The lowest BCUT2D eigenvalue weighted by Crippen LogP contribution is -2.19. The van der Waals surface area contributed by atoms with Gasteiger partial charge in [0.2, 0.25) is 0 Å². The molecular formula is C16H19OS+. The zero-order chi connectivity index (χ0) is 12.7. The lowest BCUT2D eigenvalue weighted by Gasteiger charge is -2.13. The smallest absolute Gasteiger partial charge is 0.166 e. The van der Waals surface area contributed by atoms with Crippen molar-refractivity contribution in [3.8, 4) is 5.75 Å². The minimum Gasteiger partial charge on any atom is -0.507 e. The predicted octanol–water partition coefficient (Wildman–Crippen LogP) is 4.09. The van der Waals surface area contributed by atoms with Crippen LogP contribution in [0.5, 0.6) is 5.75 Å². The van der Waals surface area contributed by atoms with Gasteiger partial charge >= 0.3 is 0 Å². The highest BCUT2D eigenvalue weighted by atomic mass is 32.2. The molecule has 1 N–H and O–H groups in total.